The molecule has 1 amide bonds. The predicted molar refractivity (Wildman–Crippen MR) is 125 cm³/mol. The second-order valence-corrected chi connectivity index (χ2v) is 7.61. The zero-order chi connectivity index (χ0) is 22.3. The number of morpholine rings is 1. The third kappa shape index (κ3) is 5.15. The highest BCUT2D eigenvalue weighted by molar-refractivity contribution is 6.02. The maximum absolute atomic E-state index is 12.7. The van der Waals surface area contributed by atoms with Gasteiger partial charge < -0.3 is 19.7 Å². The Morgan fingerprint density at radius 3 is 2.31 bits per heavy atom. The number of nitrogens with zero attached hydrogens (tertiary/aromatic N) is 1. The molecule has 0 saturated carbocycles. The first-order chi connectivity index (χ1) is 15.6. The van der Waals surface area contributed by atoms with E-state index in [1.165, 1.54) is 7.11 Å². The second kappa shape index (κ2) is 10.1. The number of esters is 1. The average molecular weight is 431 g/mol. The highest BCUT2D eigenvalue weighted by Gasteiger charge is 2.18. The van der Waals surface area contributed by atoms with Crippen molar-refractivity contribution < 1.29 is 19.1 Å². The molecule has 3 aromatic rings. The smallest absolute Gasteiger partial charge is 0.340 e. The Morgan fingerprint density at radius 2 is 1.62 bits per heavy atom. The van der Waals surface area contributed by atoms with Crippen LogP contribution in [-0.4, -0.2) is 45.3 Å². The number of carbonyl (C=O) groups is 2. The van der Waals surface area contributed by atoms with Crippen LogP contribution in [0.4, 0.5) is 11.4 Å². The van der Waals surface area contributed by atoms with Gasteiger partial charge in [0.2, 0.25) is 5.91 Å². The minimum Gasteiger partial charge on any atom is -0.465 e. The van der Waals surface area contributed by atoms with Crippen LogP contribution in [0.25, 0.3) is 11.1 Å². The van der Waals surface area contributed by atoms with E-state index in [1.54, 1.807) is 12.1 Å². The van der Waals surface area contributed by atoms with E-state index in [9.17, 15) is 9.59 Å². The van der Waals surface area contributed by atoms with Gasteiger partial charge in [-0.1, -0.05) is 54.6 Å². The Bertz CT molecular complexity index is 1070. The molecule has 0 atom stereocenters. The van der Waals surface area contributed by atoms with Gasteiger partial charge in [-0.15, -0.1) is 0 Å². The number of methoxy groups -OCH3 is 1. The molecule has 1 aliphatic rings. The van der Waals surface area contributed by atoms with Crippen LogP contribution in [0.1, 0.15) is 15.9 Å². The second-order valence-electron chi connectivity index (χ2n) is 7.61. The lowest BCUT2D eigenvalue weighted by Gasteiger charge is -2.29. The van der Waals surface area contributed by atoms with E-state index >= 15 is 0 Å². The monoisotopic (exact) mass is 430 g/mol. The van der Waals surface area contributed by atoms with E-state index in [-0.39, 0.29) is 12.3 Å². The van der Waals surface area contributed by atoms with Crippen molar-refractivity contribution in [1.29, 1.82) is 0 Å². The van der Waals surface area contributed by atoms with Crippen molar-refractivity contribution in [2.24, 2.45) is 0 Å². The molecule has 164 valence electrons. The molecular weight excluding hydrogens is 404 g/mol. The number of carbonyl (C=O) groups excluding carboxylic acids is 2. The number of hydrogen-bond acceptors (Lipinski definition) is 5. The van der Waals surface area contributed by atoms with Crippen LogP contribution in [0.2, 0.25) is 0 Å². The minimum absolute atomic E-state index is 0.193. The van der Waals surface area contributed by atoms with Crippen molar-refractivity contribution in [3.63, 3.8) is 0 Å². The minimum atomic E-state index is -0.484. The van der Waals surface area contributed by atoms with Gasteiger partial charge in [0.25, 0.3) is 0 Å². The Balaban J connectivity index is 1.46. The molecule has 4 rings (SSSR count). The number of rotatable bonds is 6. The molecule has 0 spiro atoms. The van der Waals surface area contributed by atoms with E-state index < -0.39 is 5.97 Å². The van der Waals surface area contributed by atoms with Crippen LogP contribution < -0.4 is 10.2 Å². The number of amides is 1. The number of ether oxygens (including phenoxy) is 2. The van der Waals surface area contributed by atoms with Gasteiger partial charge in [0.1, 0.15) is 0 Å². The number of anilines is 2. The molecule has 1 aliphatic heterocycles. The Kier molecular flexibility index (Phi) is 6.82. The molecule has 6 heteroatoms. The summed E-state index contributed by atoms with van der Waals surface area (Å²) in [5, 5.41) is 2.87. The first-order valence-electron chi connectivity index (χ1n) is 10.6. The van der Waals surface area contributed by atoms with Crippen LogP contribution in [0.15, 0.2) is 72.8 Å². The van der Waals surface area contributed by atoms with Crippen molar-refractivity contribution in [1.82, 2.24) is 0 Å². The van der Waals surface area contributed by atoms with Crippen molar-refractivity contribution in [3.8, 4) is 11.1 Å². The van der Waals surface area contributed by atoms with Crippen LogP contribution >= 0.6 is 0 Å². The molecule has 0 bridgehead atoms. The van der Waals surface area contributed by atoms with E-state index in [0.717, 1.165) is 35.5 Å². The third-order valence-electron chi connectivity index (χ3n) is 5.48. The normalized spacial score (nSPS) is 13.5. The van der Waals surface area contributed by atoms with Crippen molar-refractivity contribution in [3.05, 3.63) is 83.9 Å². The van der Waals surface area contributed by atoms with Gasteiger partial charge in [-0.3, -0.25) is 4.79 Å². The topological polar surface area (TPSA) is 67.9 Å². The lowest BCUT2D eigenvalue weighted by molar-refractivity contribution is -0.115. The van der Waals surface area contributed by atoms with Gasteiger partial charge >= 0.3 is 5.97 Å². The first-order valence-corrected chi connectivity index (χ1v) is 10.6. The van der Waals surface area contributed by atoms with Crippen molar-refractivity contribution in [2.75, 3.05) is 43.6 Å². The number of hydrogen-bond donors (Lipinski definition) is 1. The van der Waals surface area contributed by atoms with Gasteiger partial charge in [0.15, 0.2) is 0 Å². The number of benzene rings is 3. The third-order valence-corrected chi connectivity index (χ3v) is 5.48. The fourth-order valence-electron chi connectivity index (χ4n) is 3.76. The van der Waals surface area contributed by atoms with Crippen molar-refractivity contribution in [2.45, 2.75) is 6.42 Å². The highest BCUT2D eigenvalue weighted by atomic mass is 16.5. The summed E-state index contributed by atoms with van der Waals surface area (Å²) in [6.07, 6.45) is 0.209. The Labute approximate surface area is 187 Å². The molecule has 1 heterocycles. The summed E-state index contributed by atoms with van der Waals surface area (Å²) in [4.78, 5) is 27.2. The zero-order valence-corrected chi connectivity index (χ0v) is 18.0. The fraction of sp³-hybridized carbons (Fsp3) is 0.231. The maximum Gasteiger partial charge on any atom is 0.340 e. The van der Waals surface area contributed by atoms with E-state index in [0.29, 0.717) is 24.5 Å². The molecule has 1 fully saturated rings. The van der Waals surface area contributed by atoms with E-state index in [4.69, 9.17) is 9.47 Å². The summed E-state index contributed by atoms with van der Waals surface area (Å²) in [6, 6.07) is 23.4. The van der Waals surface area contributed by atoms with Crippen LogP contribution in [-0.2, 0) is 20.7 Å². The molecule has 6 nitrogen and oxygen atoms in total. The summed E-state index contributed by atoms with van der Waals surface area (Å²) in [6.45, 7) is 2.81. The lowest BCUT2D eigenvalue weighted by Crippen LogP contribution is -2.36. The molecule has 32 heavy (non-hydrogen) atoms. The fourth-order valence-corrected chi connectivity index (χ4v) is 3.76. The molecule has 1 N–H and O–H groups in total. The maximum atomic E-state index is 12.7. The number of nitrogens with one attached hydrogen (secondary N) is 1. The van der Waals surface area contributed by atoms with Gasteiger partial charge in [-0.05, 0) is 34.9 Å². The van der Waals surface area contributed by atoms with Gasteiger partial charge in [-0.25, -0.2) is 4.79 Å². The quantitative estimate of drug-likeness (QED) is 0.595. The Morgan fingerprint density at radius 1 is 0.938 bits per heavy atom. The lowest BCUT2D eigenvalue weighted by atomic mass is 10.0. The standard InChI is InChI=1S/C26H26N2O4/c1-31-26(30)23-18-22(28-13-15-32-16-14-28)11-12-24(23)27-25(29)17-19-7-9-21(10-8-19)20-5-3-2-4-6-20/h2-12,18H,13-17H2,1H3,(H,27,29). The Hall–Kier alpha value is -3.64. The summed E-state index contributed by atoms with van der Waals surface area (Å²) >= 11 is 0. The van der Waals surface area contributed by atoms with Crippen LogP contribution in [0, 0.1) is 0 Å². The summed E-state index contributed by atoms with van der Waals surface area (Å²) in [5.41, 5.74) is 4.81. The molecule has 0 unspecified atom stereocenters. The van der Waals surface area contributed by atoms with Crippen LogP contribution in [0.3, 0.4) is 0 Å². The molecule has 0 aromatic heterocycles. The molecule has 0 radical (unpaired) electrons. The summed E-state index contributed by atoms with van der Waals surface area (Å²) < 4.78 is 10.3. The first kappa shape index (κ1) is 21.6. The van der Waals surface area contributed by atoms with E-state index in [2.05, 4.69) is 22.3 Å². The zero-order valence-electron chi connectivity index (χ0n) is 18.0. The average Bonchev–Trinajstić information content (AvgIpc) is 2.85. The molecule has 0 aliphatic carbocycles. The highest BCUT2D eigenvalue weighted by Crippen LogP contribution is 2.25. The molecular formula is C26H26N2O4. The molecule has 1 saturated heterocycles. The SMILES string of the molecule is COC(=O)c1cc(N2CCOCC2)ccc1NC(=O)Cc1ccc(-c2ccccc2)cc1. The summed E-state index contributed by atoms with van der Waals surface area (Å²) in [7, 11) is 1.34. The van der Waals surface area contributed by atoms with Gasteiger partial charge in [0, 0.05) is 18.8 Å². The van der Waals surface area contributed by atoms with Gasteiger partial charge in [-0.2, -0.15) is 0 Å². The molecule has 3 aromatic carbocycles. The predicted octanol–water partition coefficient (Wildman–Crippen LogP) is 4.16. The van der Waals surface area contributed by atoms with E-state index in [1.807, 2.05) is 48.5 Å². The van der Waals surface area contributed by atoms with Crippen molar-refractivity contribution >= 4 is 23.3 Å². The summed E-state index contributed by atoms with van der Waals surface area (Å²) in [5.74, 6) is -0.677. The largest absolute Gasteiger partial charge is 0.465 e. The van der Waals surface area contributed by atoms with Gasteiger partial charge in [0.05, 0.1) is 38.0 Å². The van der Waals surface area contributed by atoms with Crippen LogP contribution in [0.5, 0.6) is 0 Å².